The van der Waals surface area contributed by atoms with Crippen molar-refractivity contribution in [1.82, 2.24) is 5.16 Å². The summed E-state index contributed by atoms with van der Waals surface area (Å²) in [5.74, 6) is -0.407. The third kappa shape index (κ3) is 3.36. The first-order chi connectivity index (χ1) is 9.92. The van der Waals surface area contributed by atoms with Crippen LogP contribution in [-0.2, 0) is 0 Å². The van der Waals surface area contributed by atoms with Crippen LogP contribution in [0.25, 0.3) is 11.3 Å². The first-order valence-electron chi connectivity index (χ1n) is 6.17. The van der Waals surface area contributed by atoms with Gasteiger partial charge < -0.3 is 19.1 Å². The van der Waals surface area contributed by atoms with E-state index in [-0.39, 0.29) is 11.9 Å². The van der Waals surface area contributed by atoms with Gasteiger partial charge in [0.1, 0.15) is 5.69 Å². The van der Waals surface area contributed by atoms with Crippen LogP contribution < -0.4 is 9.47 Å². The smallest absolute Gasteiger partial charge is 0.374 e. The molecular formula is C14H14BrNO5. The van der Waals surface area contributed by atoms with Crippen LogP contribution in [0.2, 0.25) is 0 Å². The van der Waals surface area contributed by atoms with Gasteiger partial charge in [-0.05, 0) is 26.0 Å². The molecule has 6 nitrogen and oxygen atoms in total. The Morgan fingerprint density at radius 3 is 2.62 bits per heavy atom. The number of carbonyl (C=O) groups is 1. The van der Waals surface area contributed by atoms with Crippen molar-refractivity contribution < 1.29 is 23.9 Å². The number of methoxy groups -OCH3 is 1. The van der Waals surface area contributed by atoms with Gasteiger partial charge in [0.15, 0.2) is 11.5 Å². The number of benzene rings is 1. The fourth-order valence-electron chi connectivity index (χ4n) is 1.77. The molecule has 0 aliphatic carbocycles. The minimum absolute atomic E-state index is 0.0790. The number of hydrogen-bond donors (Lipinski definition) is 1. The molecule has 1 heterocycles. The summed E-state index contributed by atoms with van der Waals surface area (Å²) in [7, 11) is 1.53. The Labute approximate surface area is 129 Å². The number of rotatable bonds is 5. The minimum atomic E-state index is -1.18. The van der Waals surface area contributed by atoms with Crippen molar-refractivity contribution >= 4 is 21.9 Å². The molecule has 7 heteroatoms. The van der Waals surface area contributed by atoms with Crippen LogP contribution in [0.5, 0.6) is 11.5 Å². The molecular weight excluding hydrogens is 342 g/mol. The standard InChI is InChI=1S/C14H14BrNO5/c1-7(2)20-13-9(4-8(15)5-11(13)19-3)10-6-12(14(17)18)21-16-10/h4-7H,1-3H3,(H,17,18). The van der Waals surface area contributed by atoms with Gasteiger partial charge in [0.2, 0.25) is 5.76 Å². The number of ether oxygens (including phenoxy) is 2. The third-order valence-corrected chi connectivity index (χ3v) is 3.05. The number of aromatic nitrogens is 1. The Bertz CT molecular complexity index is 665. The van der Waals surface area contributed by atoms with E-state index in [0.717, 1.165) is 4.47 Å². The van der Waals surface area contributed by atoms with Gasteiger partial charge in [0.05, 0.1) is 18.8 Å². The summed E-state index contributed by atoms with van der Waals surface area (Å²) in [5, 5.41) is 12.7. The van der Waals surface area contributed by atoms with E-state index in [2.05, 4.69) is 21.1 Å². The quantitative estimate of drug-likeness (QED) is 0.882. The minimum Gasteiger partial charge on any atom is -0.493 e. The van der Waals surface area contributed by atoms with Gasteiger partial charge in [-0.25, -0.2) is 4.79 Å². The summed E-state index contributed by atoms with van der Waals surface area (Å²) in [6.07, 6.45) is -0.0790. The summed E-state index contributed by atoms with van der Waals surface area (Å²) in [5.41, 5.74) is 0.953. The van der Waals surface area contributed by atoms with Crippen LogP contribution >= 0.6 is 15.9 Å². The highest BCUT2D eigenvalue weighted by atomic mass is 79.9. The molecule has 2 aromatic rings. The fourth-order valence-corrected chi connectivity index (χ4v) is 2.21. The molecule has 0 bridgehead atoms. The van der Waals surface area contributed by atoms with Crippen LogP contribution in [0.1, 0.15) is 24.4 Å². The van der Waals surface area contributed by atoms with Crippen molar-refractivity contribution in [3.63, 3.8) is 0 Å². The topological polar surface area (TPSA) is 81.8 Å². The van der Waals surface area contributed by atoms with Crippen LogP contribution in [0.3, 0.4) is 0 Å². The van der Waals surface area contributed by atoms with Crippen molar-refractivity contribution in [3.8, 4) is 22.8 Å². The second-order valence-corrected chi connectivity index (χ2v) is 5.45. The maximum Gasteiger partial charge on any atom is 0.374 e. The molecule has 0 fully saturated rings. The number of aromatic carboxylic acids is 1. The third-order valence-electron chi connectivity index (χ3n) is 2.59. The number of halogens is 1. The molecule has 0 aliphatic heterocycles. The van der Waals surface area contributed by atoms with E-state index in [4.69, 9.17) is 19.1 Å². The first kappa shape index (κ1) is 15.4. The zero-order valence-corrected chi connectivity index (χ0v) is 13.3. The molecule has 0 aliphatic rings. The Kier molecular flexibility index (Phi) is 4.52. The normalized spacial score (nSPS) is 10.7. The lowest BCUT2D eigenvalue weighted by Crippen LogP contribution is -2.08. The SMILES string of the molecule is COc1cc(Br)cc(-c2cc(C(=O)O)on2)c1OC(C)C. The van der Waals surface area contributed by atoms with Crippen LogP contribution in [0, 0.1) is 0 Å². The van der Waals surface area contributed by atoms with Crippen molar-refractivity contribution in [2.75, 3.05) is 7.11 Å². The zero-order valence-electron chi connectivity index (χ0n) is 11.7. The second-order valence-electron chi connectivity index (χ2n) is 4.53. The second kappa shape index (κ2) is 6.17. The van der Waals surface area contributed by atoms with Gasteiger partial charge in [0.25, 0.3) is 0 Å². The van der Waals surface area contributed by atoms with Crippen LogP contribution in [-0.4, -0.2) is 29.4 Å². The predicted molar refractivity (Wildman–Crippen MR) is 78.9 cm³/mol. The molecule has 0 radical (unpaired) electrons. The Morgan fingerprint density at radius 2 is 2.10 bits per heavy atom. The van der Waals surface area contributed by atoms with E-state index >= 15 is 0 Å². The molecule has 1 aromatic carbocycles. The lowest BCUT2D eigenvalue weighted by Gasteiger charge is -2.17. The lowest BCUT2D eigenvalue weighted by atomic mass is 10.1. The molecule has 1 aromatic heterocycles. The molecule has 0 amide bonds. The molecule has 2 rings (SSSR count). The van der Waals surface area contributed by atoms with E-state index in [1.807, 2.05) is 13.8 Å². The van der Waals surface area contributed by atoms with Gasteiger partial charge in [-0.15, -0.1) is 0 Å². The summed E-state index contributed by atoms with van der Waals surface area (Å²) in [6.45, 7) is 3.77. The highest BCUT2D eigenvalue weighted by Crippen LogP contribution is 2.41. The Hall–Kier alpha value is -2.02. The Morgan fingerprint density at radius 1 is 1.38 bits per heavy atom. The molecule has 0 unspecified atom stereocenters. The van der Waals surface area contributed by atoms with Crippen molar-refractivity contribution in [1.29, 1.82) is 0 Å². The molecule has 1 N–H and O–H groups in total. The largest absolute Gasteiger partial charge is 0.493 e. The number of hydrogen-bond acceptors (Lipinski definition) is 5. The van der Waals surface area contributed by atoms with Crippen molar-refractivity contribution in [2.24, 2.45) is 0 Å². The summed E-state index contributed by atoms with van der Waals surface area (Å²) < 4.78 is 16.6. The van der Waals surface area contributed by atoms with Gasteiger partial charge >= 0.3 is 5.97 Å². The van der Waals surface area contributed by atoms with Crippen LogP contribution in [0.15, 0.2) is 27.2 Å². The molecule has 0 atom stereocenters. The van der Waals surface area contributed by atoms with E-state index in [1.54, 1.807) is 12.1 Å². The van der Waals surface area contributed by atoms with Gasteiger partial charge in [-0.2, -0.15) is 0 Å². The summed E-state index contributed by atoms with van der Waals surface area (Å²) >= 11 is 3.38. The maximum atomic E-state index is 10.9. The molecule has 0 saturated heterocycles. The van der Waals surface area contributed by atoms with Gasteiger partial charge in [0, 0.05) is 10.5 Å². The Balaban J connectivity index is 2.58. The number of carboxylic acids is 1. The predicted octanol–water partition coefficient (Wildman–Crippen LogP) is 3.60. The highest BCUT2D eigenvalue weighted by Gasteiger charge is 2.20. The van der Waals surface area contributed by atoms with E-state index in [0.29, 0.717) is 22.8 Å². The number of nitrogens with zero attached hydrogens (tertiary/aromatic N) is 1. The molecule has 0 spiro atoms. The highest BCUT2D eigenvalue weighted by molar-refractivity contribution is 9.10. The number of carboxylic acid groups (broad SMARTS) is 1. The molecule has 0 saturated carbocycles. The summed E-state index contributed by atoms with van der Waals surface area (Å²) in [4.78, 5) is 10.9. The van der Waals surface area contributed by atoms with Crippen molar-refractivity contribution in [3.05, 3.63) is 28.4 Å². The van der Waals surface area contributed by atoms with E-state index in [9.17, 15) is 4.79 Å². The monoisotopic (exact) mass is 355 g/mol. The average Bonchev–Trinajstić information content (AvgIpc) is 2.89. The zero-order chi connectivity index (χ0) is 15.6. The molecule has 112 valence electrons. The van der Waals surface area contributed by atoms with Gasteiger partial charge in [-0.3, -0.25) is 0 Å². The van der Waals surface area contributed by atoms with Gasteiger partial charge in [-0.1, -0.05) is 21.1 Å². The maximum absolute atomic E-state index is 10.9. The average molecular weight is 356 g/mol. The first-order valence-corrected chi connectivity index (χ1v) is 6.96. The summed E-state index contributed by atoms with van der Waals surface area (Å²) in [6, 6.07) is 4.87. The van der Waals surface area contributed by atoms with E-state index < -0.39 is 5.97 Å². The van der Waals surface area contributed by atoms with Crippen LogP contribution in [0.4, 0.5) is 0 Å². The van der Waals surface area contributed by atoms with E-state index in [1.165, 1.54) is 13.2 Å². The fraction of sp³-hybridized carbons (Fsp3) is 0.286. The lowest BCUT2D eigenvalue weighted by molar-refractivity contribution is 0.0652. The molecule has 21 heavy (non-hydrogen) atoms. The van der Waals surface area contributed by atoms with Crippen molar-refractivity contribution in [2.45, 2.75) is 20.0 Å².